The molecule has 7 heteroatoms. The lowest BCUT2D eigenvalue weighted by atomic mass is 9.84. The van der Waals surface area contributed by atoms with Gasteiger partial charge in [-0.15, -0.1) is 0 Å². The lowest BCUT2D eigenvalue weighted by Gasteiger charge is -2.30. The van der Waals surface area contributed by atoms with Gasteiger partial charge in [0.1, 0.15) is 5.52 Å². The number of para-hydroxylation sites is 2. The van der Waals surface area contributed by atoms with Crippen molar-refractivity contribution in [2.24, 2.45) is 5.92 Å². The quantitative estimate of drug-likeness (QED) is 0.768. The predicted molar refractivity (Wildman–Crippen MR) is 101 cm³/mol. The van der Waals surface area contributed by atoms with Gasteiger partial charge in [0.05, 0.1) is 24.5 Å². The van der Waals surface area contributed by atoms with E-state index in [2.05, 4.69) is 16.4 Å². The third-order valence-electron chi connectivity index (χ3n) is 5.55. The summed E-state index contributed by atoms with van der Waals surface area (Å²) < 4.78 is 7.73. The molecule has 1 saturated carbocycles. The first-order valence-corrected chi connectivity index (χ1v) is 9.70. The van der Waals surface area contributed by atoms with Crippen LogP contribution in [0.4, 0.5) is 6.01 Å². The number of fused-ring (bicyclic) bond motifs is 2. The molecular formula is C20H23N5O2. The Morgan fingerprint density at radius 1 is 1.22 bits per heavy atom. The molecule has 1 fully saturated rings. The van der Waals surface area contributed by atoms with Crippen LogP contribution in [0.2, 0.25) is 0 Å². The third-order valence-corrected chi connectivity index (χ3v) is 5.55. The fourth-order valence-electron chi connectivity index (χ4n) is 3.82. The van der Waals surface area contributed by atoms with E-state index in [1.165, 1.54) is 6.42 Å². The van der Waals surface area contributed by atoms with Crippen molar-refractivity contribution in [1.82, 2.24) is 19.7 Å². The van der Waals surface area contributed by atoms with Gasteiger partial charge < -0.3 is 14.6 Å². The number of aryl methyl sites for hydroxylation is 1. The topological polar surface area (TPSA) is 76.2 Å². The van der Waals surface area contributed by atoms with E-state index in [1.54, 1.807) is 0 Å². The molecule has 1 aliphatic carbocycles. The molecule has 0 bridgehead atoms. The zero-order valence-electron chi connectivity index (χ0n) is 15.2. The molecule has 3 heterocycles. The number of nitrogens with zero attached hydrogens (tertiary/aromatic N) is 4. The van der Waals surface area contributed by atoms with Gasteiger partial charge in [-0.25, -0.2) is 0 Å². The van der Waals surface area contributed by atoms with Crippen LogP contribution in [0.25, 0.3) is 11.1 Å². The predicted octanol–water partition coefficient (Wildman–Crippen LogP) is 3.17. The second kappa shape index (κ2) is 6.72. The van der Waals surface area contributed by atoms with E-state index in [1.807, 2.05) is 33.8 Å². The molecule has 0 radical (unpaired) electrons. The van der Waals surface area contributed by atoms with E-state index >= 15 is 0 Å². The van der Waals surface area contributed by atoms with Gasteiger partial charge in [-0.2, -0.15) is 10.1 Å². The van der Waals surface area contributed by atoms with Crippen molar-refractivity contribution >= 4 is 23.0 Å². The zero-order valence-corrected chi connectivity index (χ0v) is 15.2. The number of anilines is 1. The van der Waals surface area contributed by atoms with Crippen molar-refractivity contribution in [3.63, 3.8) is 0 Å². The number of nitrogens with one attached hydrogen (secondary N) is 1. The monoisotopic (exact) mass is 365 g/mol. The Kier molecular flexibility index (Phi) is 4.07. The van der Waals surface area contributed by atoms with Crippen molar-refractivity contribution in [2.75, 3.05) is 11.9 Å². The molecule has 7 nitrogen and oxygen atoms in total. The standard InChI is InChI=1S/C20H23N5O2/c26-19(14-5-3-6-14)24-9-4-10-25-16(13-24)11-15(23-25)12-21-20-22-17-7-1-2-8-18(17)27-20/h1-2,7-8,11,14H,3-6,9-10,12-13H2,(H,21,22). The first-order chi connectivity index (χ1) is 13.3. The van der Waals surface area contributed by atoms with Crippen LogP contribution in [-0.2, 0) is 24.4 Å². The summed E-state index contributed by atoms with van der Waals surface area (Å²) in [6.45, 7) is 2.89. The van der Waals surface area contributed by atoms with Crippen molar-refractivity contribution in [1.29, 1.82) is 0 Å². The second-order valence-corrected chi connectivity index (χ2v) is 7.43. The fourth-order valence-corrected chi connectivity index (χ4v) is 3.82. The Balaban J connectivity index is 1.27. The van der Waals surface area contributed by atoms with E-state index in [-0.39, 0.29) is 5.92 Å². The molecule has 2 aliphatic rings. The largest absolute Gasteiger partial charge is 0.424 e. The van der Waals surface area contributed by atoms with Crippen LogP contribution in [0.1, 0.15) is 37.1 Å². The number of carbonyl (C=O) groups is 1. The average molecular weight is 365 g/mol. The first kappa shape index (κ1) is 16.4. The minimum absolute atomic E-state index is 0.250. The Bertz CT molecular complexity index is 939. The summed E-state index contributed by atoms with van der Waals surface area (Å²) in [6.07, 6.45) is 4.24. The summed E-state index contributed by atoms with van der Waals surface area (Å²) in [5.74, 6) is 0.571. The van der Waals surface area contributed by atoms with Crippen LogP contribution < -0.4 is 5.32 Å². The minimum atomic E-state index is 0.250. The number of amides is 1. The van der Waals surface area contributed by atoms with Gasteiger partial charge in [-0.3, -0.25) is 9.48 Å². The smallest absolute Gasteiger partial charge is 0.296 e. The van der Waals surface area contributed by atoms with Crippen LogP contribution in [0, 0.1) is 5.92 Å². The summed E-state index contributed by atoms with van der Waals surface area (Å²) in [7, 11) is 0. The summed E-state index contributed by atoms with van der Waals surface area (Å²) >= 11 is 0. The Hall–Kier alpha value is -2.83. The SMILES string of the molecule is O=C(C1CCC1)N1CCCn2nc(CNc3nc4ccccc4o3)cc2C1. The molecule has 2 aromatic heterocycles. The van der Waals surface area contributed by atoms with E-state index in [9.17, 15) is 4.79 Å². The summed E-state index contributed by atoms with van der Waals surface area (Å²) in [6, 6.07) is 10.3. The normalized spacial score (nSPS) is 17.4. The van der Waals surface area contributed by atoms with Crippen LogP contribution in [0.5, 0.6) is 0 Å². The molecule has 1 N–H and O–H groups in total. The Labute approximate surface area is 157 Å². The van der Waals surface area contributed by atoms with E-state index in [0.717, 1.165) is 54.8 Å². The minimum Gasteiger partial charge on any atom is -0.424 e. The molecular weight excluding hydrogens is 342 g/mol. The molecule has 1 amide bonds. The zero-order chi connectivity index (χ0) is 18.2. The van der Waals surface area contributed by atoms with Gasteiger partial charge in [-0.05, 0) is 37.5 Å². The van der Waals surface area contributed by atoms with Crippen LogP contribution in [0.15, 0.2) is 34.7 Å². The number of hydrogen-bond acceptors (Lipinski definition) is 5. The van der Waals surface area contributed by atoms with Crippen molar-refractivity contribution in [3.8, 4) is 0 Å². The van der Waals surface area contributed by atoms with Gasteiger partial charge in [0.15, 0.2) is 5.58 Å². The molecule has 3 aromatic rings. The van der Waals surface area contributed by atoms with Crippen molar-refractivity contribution in [3.05, 3.63) is 41.7 Å². The molecule has 5 rings (SSSR count). The van der Waals surface area contributed by atoms with Crippen molar-refractivity contribution in [2.45, 2.75) is 45.3 Å². The molecule has 0 saturated heterocycles. The lowest BCUT2D eigenvalue weighted by Crippen LogP contribution is -2.38. The molecule has 1 aliphatic heterocycles. The number of hydrogen-bond donors (Lipinski definition) is 1. The second-order valence-electron chi connectivity index (χ2n) is 7.43. The summed E-state index contributed by atoms with van der Waals surface area (Å²) in [4.78, 5) is 19.1. The number of oxazole rings is 1. The van der Waals surface area contributed by atoms with Gasteiger partial charge in [-0.1, -0.05) is 18.6 Å². The van der Waals surface area contributed by atoms with Gasteiger partial charge in [0.2, 0.25) is 5.91 Å². The van der Waals surface area contributed by atoms with E-state index in [0.29, 0.717) is 25.0 Å². The highest BCUT2D eigenvalue weighted by atomic mass is 16.4. The summed E-state index contributed by atoms with van der Waals surface area (Å²) in [5, 5.41) is 7.91. The van der Waals surface area contributed by atoms with Crippen LogP contribution in [0.3, 0.4) is 0 Å². The molecule has 27 heavy (non-hydrogen) atoms. The molecule has 140 valence electrons. The van der Waals surface area contributed by atoms with E-state index in [4.69, 9.17) is 9.52 Å². The fraction of sp³-hybridized carbons (Fsp3) is 0.450. The number of benzene rings is 1. The average Bonchev–Trinajstić information content (AvgIpc) is 3.16. The molecule has 1 aromatic carbocycles. The molecule has 0 atom stereocenters. The summed E-state index contributed by atoms with van der Waals surface area (Å²) in [5.41, 5.74) is 3.65. The van der Waals surface area contributed by atoms with Crippen LogP contribution in [-0.4, -0.2) is 32.1 Å². The number of aromatic nitrogens is 3. The lowest BCUT2D eigenvalue weighted by molar-refractivity contribution is -0.138. The third kappa shape index (κ3) is 3.18. The van der Waals surface area contributed by atoms with Gasteiger partial charge >= 0.3 is 0 Å². The highest BCUT2D eigenvalue weighted by Gasteiger charge is 2.30. The highest BCUT2D eigenvalue weighted by Crippen LogP contribution is 2.29. The maximum Gasteiger partial charge on any atom is 0.296 e. The number of rotatable bonds is 4. The van der Waals surface area contributed by atoms with E-state index < -0.39 is 0 Å². The molecule has 0 spiro atoms. The maximum atomic E-state index is 12.6. The maximum absolute atomic E-state index is 12.6. The first-order valence-electron chi connectivity index (χ1n) is 9.70. The van der Waals surface area contributed by atoms with Crippen LogP contribution >= 0.6 is 0 Å². The van der Waals surface area contributed by atoms with Gasteiger partial charge in [0, 0.05) is 19.0 Å². The number of carbonyl (C=O) groups excluding carboxylic acids is 1. The van der Waals surface area contributed by atoms with Gasteiger partial charge in [0.25, 0.3) is 6.01 Å². The Morgan fingerprint density at radius 2 is 2.11 bits per heavy atom. The Morgan fingerprint density at radius 3 is 2.93 bits per heavy atom. The van der Waals surface area contributed by atoms with Crippen molar-refractivity contribution < 1.29 is 9.21 Å². The highest BCUT2D eigenvalue weighted by molar-refractivity contribution is 5.79. The molecule has 0 unspecified atom stereocenters.